The second-order valence-electron chi connectivity index (χ2n) is 5.80. The Bertz CT molecular complexity index is 261. The smallest absolute Gasteiger partial charge is 0.314 e. The van der Waals surface area contributed by atoms with Crippen molar-refractivity contribution in [3.05, 3.63) is 0 Å². The highest BCUT2D eigenvalue weighted by Crippen LogP contribution is 2.14. The minimum atomic E-state index is -0.102. The molecule has 2 unspecified atom stereocenters. The summed E-state index contributed by atoms with van der Waals surface area (Å²) < 4.78 is 0. The number of amides is 2. The fourth-order valence-corrected chi connectivity index (χ4v) is 2.47. The number of hydrogen-bond donors (Lipinski definition) is 3. The normalized spacial score (nSPS) is 21.9. The highest BCUT2D eigenvalue weighted by atomic mass is 16.3. The van der Waals surface area contributed by atoms with E-state index in [4.69, 9.17) is 5.11 Å². The van der Waals surface area contributed by atoms with Crippen LogP contribution in [0.4, 0.5) is 4.79 Å². The van der Waals surface area contributed by atoms with Crippen molar-refractivity contribution in [2.24, 2.45) is 11.8 Å². The number of piperidine rings is 1. The number of nitrogens with zero attached hydrogens (tertiary/aromatic N) is 1. The van der Waals surface area contributed by atoms with Crippen LogP contribution in [0.25, 0.3) is 0 Å². The number of carbonyl (C=O) groups excluding carboxylic acids is 1. The van der Waals surface area contributed by atoms with Gasteiger partial charge in [-0.05, 0) is 37.6 Å². The average Bonchev–Trinajstić information content (AvgIpc) is 2.37. The molecule has 1 fully saturated rings. The van der Waals surface area contributed by atoms with Gasteiger partial charge in [-0.15, -0.1) is 0 Å². The molecule has 0 radical (unpaired) electrons. The fraction of sp³-hybridized carbons (Fsp3) is 0.929. The van der Waals surface area contributed by atoms with Crippen LogP contribution in [0.5, 0.6) is 0 Å². The maximum absolute atomic E-state index is 11.6. The second kappa shape index (κ2) is 9.15. The van der Waals surface area contributed by atoms with Gasteiger partial charge in [0.1, 0.15) is 0 Å². The Hall–Kier alpha value is -0.810. The summed E-state index contributed by atoms with van der Waals surface area (Å²) in [5, 5.41) is 14.5. The van der Waals surface area contributed by atoms with Crippen LogP contribution in [-0.2, 0) is 0 Å². The van der Waals surface area contributed by atoms with Crippen molar-refractivity contribution in [3.63, 3.8) is 0 Å². The molecule has 112 valence electrons. The zero-order valence-corrected chi connectivity index (χ0v) is 12.3. The molecule has 0 bridgehead atoms. The molecule has 2 amide bonds. The summed E-state index contributed by atoms with van der Waals surface area (Å²) in [6.07, 6.45) is 3.32. The third kappa shape index (κ3) is 7.38. The average molecular weight is 271 g/mol. The first-order chi connectivity index (χ1) is 9.11. The third-order valence-corrected chi connectivity index (χ3v) is 3.69. The summed E-state index contributed by atoms with van der Waals surface area (Å²) in [6.45, 7) is 9.04. The first-order valence-corrected chi connectivity index (χ1v) is 7.46. The summed E-state index contributed by atoms with van der Waals surface area (Å²) in [7, 11) is 0. The lowest BCUT2D eigenvalue weighted by Crippen LogP contribution is -2.43. The van der Waals surface area contributed by atoms with Gasteiger partial charge in [0.25, 0.3) is 0 Å². The standard InChI is InChI=1S/C14H29N3O2/c1-12(5-9-18)10-16-14(19)15-6-8-17-7-3-4-13(2)11-17/h12-13,18H,3-11H2,1-2H3,(H2,15,16,19). The molecule has 5 nitrogen and oxygen atoms in total. The van der Waals surface area contributed by atoms with Crippen LogP contribution in [0.1, 0.15) is 33.1 Å². The number of urea groups is 1. The van der Waals surface area contributed by atoms with Gasteiger partial charge in [0, 0.05) is 32.8 Å². The van der Waals surface area contributed by atoms with Gasteiger partial charge < -0.3 is 20.6 Å². The molecule has 0 spiro atoms. The Balaban J connectivity index is 2.03. The maximum Gasteiger partial charge on any atom is 0.314 e. The lowest BCUT2D eigenvalue weighted by Gasteiger charge is -2.30. The van der Waals surface area contributed by atoms with E-state index < -0.39 is 0 Å². The summed E-state index contributed by atoms with van der Waals surface area (Å²) in [6, 6.07) is -0.102. The molecule has 5 heteroatoms. The summed E-state index contributed by atoms with van der Waals surface area (Å²) >= 11 is 0. The molecule has 0 aromatic rings. The molecule has 19 heavy (non-hydrogen) atoms. The monoisotopic (exact) mass is 271 g/mol. The van der Waals surface area contributed by atoms with Crippen LogP contribution in [0.3, 0.4) is 0 Å². The molecule has 0 aromatic heterocycles. The number of aliphatic hydroxyl groups excluding tert-OH is 1. The van der Waals surface area contributed by atoms with Gasteiger partial charge in [-0.1, -0.05) is 13.8 Å². The van der Waals surface area contributed by atoms with Gasteiger partial charge in [0.05, 0.1) is 0 Å². The minimum absolute atomic E-state index is 0.102. The van der Waals surface area contributed by atoms with Crippen molar-refractivity contribution in [1.82, 2.24) is 15.5 Å². The van der Waals surface area contributed by atoms with Gasteiger partial charge in [0.2, 0.25) is 0 Å². The van der Waals surface area contributed by atoms with E-state index in [1.54, 1.807) is 0 Å². The van der Waals surface area contributed by atoms with Crippen LogP contribution >= 0.6 is 0 Å². The number of rotatable bonds is 7. The van der Waals surface area contributed by atoms with Crippen LogP contribution < -0.4 is 10.6 Å². The first-order valence-electron chi connectivity index (χ1n) is 7.46. The molecular weight excluding hydrogens is 242 g/mol. The number of nitrogens with one attached hydrogen (secondary N) is 2. The second-order valence-corrected chi connectivity index (χ2v) is 5.80. The molecule has 1 heterocycles. The quantitative estimate of drug-likeness (QED) is 0.648. The molecule has 1 aliphatic rings. The topological polar surface area (TPSA) is 64.6 Å². The largest absolute Gasteiger partial charge is 0.396 e. The van der Waals surface area contributed by atoms with E-state index in [2.05, 4.69) is 22.5 Å². The fourth-order valence-electron chi connectivity index (χ4n) is 2.47. The minimum Gasteiger partial charge on any atom is -0.396 e. The highest BCUT2D eigenvalue weighted by molar-refractivity contribution is 5.73. The molecule has 0 saturated carbocycles. The van der Waals surface area contributed by atoms with Crippen molar-refractivity contribution in [2.45, 2.75) is 33.1 Å². The Morgan fingerprint density at radius 1 is 1.47 bits per heavy atom. The summed E-state index contributed by atoms with van der Waals surface area (Å²) in [4.78, 5) is 14.0. The van der Waals surface area contributed by atoms with Gasteiger partial charge in [-0.2, -0.15) is 0 Å². The maximum atomic E-state index is 11.6. The van der Waals surface area contributed by atoms with Crippen LogP contribution in [-0.4, -0.2) is 55.4 Å². The zero-order valence-electron chi connectivity index (χ0n) is 12.3. The number of likely N-dealkylation sites (tertiary alicyclic amines) is 1. The number of aliphatic hydroxyl groups is 1. The first kappa shape index (κ1) is 16.2. The Morgan fingerprint density at radius 2 is 2.26 bits per heavy atom. The predicted molar refractivity (Wildman–Crippen MR) is 77.1 cm³/mol. The Morgan fingerprint density at radius 3 is 2.95 bits per heavy atom. The van der Waals surface area contributed by atoms with Gasteiger partial charge in [0.15, 0.2) is 0 Å². The molecular formula is C14H29N3O2. The molecule has 0 aromatic carbocycles. The van der Waals surface area contributed by atoms with E-state index >= 15 is 0 Å². The van der Waals surface area contributed by atoms with E-state index in [1.165, 1.54) is 12.8 Å². The third-order valence-electron chi connectivity index (χ3n) is 3.69. The van der Waals surface area contributed by atoms with Crippen molar-refractivity contribution < 1.29 is 9.90 Å². The van der Waals surface area contributed by atoms with Crippen LogP contribution in [0.15, 0.2) is 0 Å². The molecule has 1 aliphatic heterocycles. The molecule has 3 N–H and O–H groups in total. The van der Waals surface area contributed by atoms with Crippen LogP contribution in [0.2, 0.25) is 0 Å². The molecule has 1 saturated heterocycles. The van der Waals surface area contributed by atoms with Gasteiger partial charge in [-0.3, -0.25) is 0 Å². The van der Waals surface area contributed by atoms with Crippen molar-refractivity contribution in [1.29, 1.82) is 0 Å². The molecule has 0 aliphatic carbocycles. The molecule has 1 rings (SSSR count). The Kier molecular flexibility index (Phi) is 7.82. The zero-order chi connectivity index (χ0) is 14.1. The Labute approximate surface area is 116 Å². The lowest BCUT2D eigenvalue weighted by molar-refractivity contribution is 0.183. The van der Waals surface area contributed by atoms with E-state index in [-0.39, 0.29) is 12.6 Å². The van der Waals surface area contributed by atoms with E-state index in [0.717, 1.165) is 32.0 Å². The van der Waals surface area contributed by atoms with E-state index in [9.17, 15) is 4.79 Å². The van der Waals surface area contributed by atoms with Gasteiger partial charge in [-0.25, -0.2) is 4.79 Å². The molecule has 2 atom stereocenters. The summed E-state index contributed by atoms with van der Waals surface area (Å²) in [5.74, 6) is 1.10. The highest BCUT2D eigenvalue weighted by Gasteiger charge is 2.15. The van der Waals surface area contributed by atoms with Crippen molar-refractivity contribution >= 4 is 6.03 Å². The van der Waals surface area contributed by atoms with E-state index in [0.29, 0.717) is 19.0 Å². The van der Waals surface area contributed by atoms with Crippen LogP contribution in [0, 0.1) is 11.8 Å². The number of hydrogen-bond acceptors (Lipinski definition) is 3. The van der Waals surface area contributed by atoms with Gasteiger partial charge >= 0.3 is 6.03 Å². The van der Waals surface area contributed by atoms with Crippen molar-refractivity contribution in [3.8, 4) is 0 Å². The predicted octanol–water partition coefficient (Wildman–Crippen LogP) is 1.04. The van der Waals surface area contributed by atoms with Crippen molar-refractivity contribution in [2.75, 3.05) is 39.3 Å². The van der Waals surface area contributed by atoms with E-state index in [1.807, 2.05) is 6.92 Å². The SMILES string of the molecule is CC(CCO)CNC(=O)NCCN1CCCC(C)C1. The lowest BCUT2D eigenvalue weighted by atomic mass is 10.0. The number of carbonyl (C=O) groups is 1. The summed E-state index contributed by atoms with van der Waals surface area (Å²) in [5.41, 5.74) is 0.